The number of nitro benzene ring substituents is 1. The van der Waals surface area contributed by atoms with Gasteiger partial charge in [0.15, 0.2) is 0 Å². The maximum atomic E-state index is 10.7. The minimum absolute atomic E-state index is 0.126. The summed E-state index contributed by atoms with van der Waals surface area (Å²) in [6.45, 7) is 4.27. The van der Waals surface area contributed by atoms with E-state index >= 15 is 0 Å². The predicted molar refractivity (Wildman–Crippen MR) is 69.1 cm³/mol. The van der Waals surface area contributed by atoms with Gasteiger partial charge < -0.3 is 5.32 Å². The average Bonchev–Trinajstić information content (AvgIpc) is 2.25. The van der Waals surface area contributed by atoms with Crippen molar-refractivity contribution in [2.24, 2.45) is 0 Å². The molecule has 0 aliphatic carbocycles. The molecule has 1 rings (SSSR count). The molecule has 5 heteroatoms. The molecule has 0 atom stereocenters. The second kappa shape index (κ2) is 5.75. The lowest BCUT2D eigenvalue weighted by Gasteiger charge is -2.07. The first-order chi connectivity index (χ1) is 7.54. The first-order valence-electron chi connectivity index (χ1n) is 5.11. The Kier molecular flexibility index (Phi) is 4.61. The molecule has 1 N–H and O–H groups in total. The highest BCUT2D eigenvalue weighted by molar-refractivity contribution is 7.99. The summed E-state index contributed by atoms with van der Waals surface area (Å²) in [7, 11) is 1.70. The number of nitro groups is 1. The van der Waals surface area contributed by atoms with Crippen LogP contribution in [0.5, 0.6) is 0 Å². The van der Waals surface area contributed by atoms with Crippen LogP contribution in [0.3, 0.4) is 0 Å². The summed E-state index contributed by atoms with van der Waals surface area (Å²) in [5.74, 6) is 0.879. The van der Waals surface area contributed by atoms with Gasteiger partial charge >= 0.3 is 0 Å². The first-order valence-corrected chi connectivity index (χ1v) is 6.16. The van der Waals surface area contributed by atoms with Crippen molar-refractivity contribution in [3.8, 4) is 0 Å². The Morgan fingerprint density at radius 2 is 2.19 bits per heavy atom. The van der Waals surface area contributed by atoms with E-state index in [0.717, 1.165) is 11.3 Å². The van der Waals surface area contributed by atoms with Crippen LogP contribution in [0.4, 0.5) is 11.4 Å². The van der Waals surface area contributed by atoms with Crippen molar-refractivity contribution < 1.29 is 4.92 Å². The molecule has 0 radical (unpaired) electrons. The van der Waals surface area contributed by atoms with Crippen molar-refractivity contribution in [1.29, 1.82) is 0 Å². The molecule has 16 heavy (non-hydrogen) atoms. The predicted octanol–water partition coefficient (Wildman–Crippen LogP) is 3.28. The number of hydrogen-bond acceptors (Lipinski definition) is 4. The van der Waals surface area contributed by atoms with Crippen LogP contribution in [0.25, 0.3) is 0 Å². The maximum absolute atomic E-state index is 10.7. The number of rotatable bonds is 5. The van der Waals surface area contributed by atoms with Gasteiger partial charge in [-0.15, -0.1) is 0 Å². The van der Waals surface area contributed by atoms with Gasteiger partial charge in [0.2, 0.25) is 0 Å². The molecule has 1 aromatic rings. The van der Waals surface area contributed by atoms with Crippen LogP contribution in [0.2, 0.25) is 0 Å². The lowest BCUT2D eigenvalue weighted by Crippen LogP contribution is -1.98. The molecule has 0 amide bonds. The molecular weight excluding hydrogens is 224 g/mol. The van der Waals surface area contributed by atoms with E-state index in [0.29, 0.717) is 10.9 Å². The second-order valence-electron chi connectivity index (χ2n) is 3.72. The van der Waals surface area contributed by atoms with E-state index in [-0.39, 0.29) is 10.6 Å². The van der Waals surface area contributed by atoms with E-state index in [4.69, 9.17) is 0 Å². The molecule has 0 spiro atoms. The van der Waals surface area contributed by atoms with E-state index in [1.807, 2.05) is 23.9 Å². The van der Waals surface area contributed by atoms with Crippen molar-refractivity contribution in [2.45, 2.75) is 24.9 Å². The molecule has 0 aliphatic rings. The molecule has 0 unspecified atom stereocenters. The summed E-state index contributed by atoms with van der Waals surface area (Å²) in [4.78, 5) is 10.3. The van der Waals surface area contributed by atoms with Crippen LogP contribution in [0.1, 0.15) is 19.4 Å². The molecule has 1 aromatic carbocycles. The Labute approximate surface area is 99.6 Å². The number of hydrogen-bond donors (Lipinski definition) is 1. The van der Waals surface area contributed by atoms with Gasteiger partial charge in [0.1, 0.15) is 5.69 Å². The van der Waals surface area contributed by atoms with Crippen molar-refractivity contribution in [3.63, 3.8) is 0 Å². The third-order valence-corrected chi connectivity index (χ3v) is 3.28. The number of thioether (sulfide) groups is 1. The van der Waals surface area contributed by atoms with E-state index in [9.17, 15) is 10.1 Å². The van der Waals surface area contributed by atoms with Crippen LogP contribution >= 0.6 is 11.8 Å². The van der Waals surface area contributed by atoms with Crippen molar-refractivity contribution in [3.05, 3.63) is 33.9 Å². The molecule has 4 nitrogen and oxygen atoms in total. The van der Waals surface area contributed by atoms with Crippen LogP contribution < -0.4 is 5.32 Å². The largest absolute Gasteiger partial charge is 0.383 e. The fourth-order valence-corrected chi connectivity index (χ4v) is 2.00. The van der Waals surface area contributed by atoms with Gasteiger partial charge in [-0.25, -0.2) is 0 Å². The summed E-state index contributed by atoms with van der Waals surface area (Å²) in [5, 5.41) is 14.1. The average molecular weight is 240 g/mol. The molecule has 0 aromatic heterocycles. The third kappa shape index (κ3) is 3.41. The number of anilines is 1. The molecule has 0 bridgehead atoms. The zero-order valence-corrected chi connectivity index (χ0v) is 10.5. The monoisotopic (exact) mass is 240 g/mol. The lowest BCUT2D eigenvalue weighted by atomic mass is 10.2. The molecule has 0 saturated heterocycles. The zero-order valence-electron chi connectivity index (χ0n) is 9.69. The van der Waals surface area contributed by atoms with E-state index < -0.39 is 0 Å². The minimum atomic E-state index is -0.370. The molecule has 0 heterocycles. The fraction of sp³-hybridized carbons (Fsp3) is 0.455. The summed E-state index contributed by atoms with van der Waals surface area (Å²) >= 11 is 1.82. The van der Waals surface area contributed by atoms with Crippen LogP contribution in [-0.2, 0) is 5.75 Å². The van der Waals surface area contributed by atoms with Gasteiger partial charge in [-0.05, 0) is 16.9 Å². The topological polar surface area (TPSA) is 55.2 Å². The Morgan fingerprint density at radius 1 is 1.50 bits per heavy atom. The summed E-state index contributed by atoms with van der Waals surface area (Å²) in [6.07, 6.45) is 0. The fourth-order valence-electron chi connectivity index (χ4n) is 1.30. The van der Waals surface area contributed by atoms with Gasteiger partial charge in [0.25, 0.3) is 5.69 Å². The Morgan fingerprint density at radius 3 is 2.69 bits per heavy atom. The van der Waals surface area contributed by atoms with Crippen LogP contribution in [0.15, 0.2) is 18.2 Å². The highest BCUT2D eigenvalue weighted by atomic mass is 32.2. The van der Waals surface area contributed by atoms with E-state index in [1.54, 1.807) is 13.1 Å². The second-order valence-corrected chi connectivity index (χ2v) is 5.28. The first kappa shape index (κ1) is 12.8. The number of benzene rings is 1. The lowest BCUT2D eigenvalue weighted by molar-refractivity contribution is -0.383. The molecule has 0 fully saturated rings. The third-order valence-electron chi connectivity index (χ3n) is 2.11. The summed E-state index contributed by atoms with van der Waals surface area (Å²) < 4.78 is 0. The van der Waals surface area contributed by atoms with Gasteiger partial charge in [0, 0.05) is 18.9 Å². The van der Waals surface area contributed by atoms with Gasteiger partial charge in [-0.1, -0.05) is 19.9 Å². The smallest absolute Gasteiger partial charge is 0.292 e. The zero-order chi connectivity index (χ0) is 12.1. The minimum Gasteiger partial charge on any atom is -0.383 e. The van der Waals surface area contributed by atoms with Crippen LogP contribution in [0, 0.1) is 10.1 Å². The molecular formula is C11H16N2O2S. The standard InChI is InChI=1S/C11H16N2O2S/c1-8(2)16-7-9-4-5-11(13(14)15)10(6-9)12-3/h4-6,8,12H,7H2,1-3H3. The Bertz CT molecular complexity index is 380. The van der Waals surface area contributed by atoms with Crippen molar-refractivity contribution >= 4 is 23.1 Å². The highest BCUT2D eigenvalue weighted by Crippen LogP contribution is 2.27. The highest BCUT2D eigenvalue weighted by Gasteiger charge is 2.12. The SMILES string of the molecule is CNc1cc(CSC(C)C)ccc1[N+](=O)[O-]. The summed E-state index contributed by atoms with van der Waals surface area (Å²) in [5.41, 5.74) is 1.81. The molecule has 88 valence electrons. The van der Waals surface area contributed by atoms with Crippen molar-refractivity contribution in [2.75, 3.05) is 12.4 Å². The molecule has 0 aliphatic heterocycles. The number of nitrogens with one attached hydrogen (secondary N) is 1. The Balaban J connectivity index is 2.86. The van der Waals surface area contributed by atoms with Gasteiger partial charge in [-0.3, -0.25) is 10.1 Å². The van der Waals surface area contributed by atoms with Gasteiger partial charge in [0.05, 0.1) is 4.92 Å². The van der Waals surface area contributed by atoms with E-state index in [2.05, 4.69) is 19.2 Å². The molecule has 0 saturated carbocycles. The number of nitrogens with zero attached hydrogens (tertiary/aromatic N) is 1. The van der Waals surface area contributed by atoms with Gasteiger partial charge in [-0.2, -0.15) is 11.8 Å². The van der Waals surface area contributed by atoms with Crippen molar-refractivity contribution in [1.82, 2.24) is 0 Å². The van der Waals surface area contributed by atoms with Crippen LogP contribution in [-0.4, -0.2) is 17.2 Å². The normalized spacial score (nSPS) is 10.5. The quantitative estimate of drug-likeness (QED) is 0.634. The van der Waals surface area contributed by atoms with E-state index in [1.165, 1.54) is 0 Å². The summed E-state index contributed by atoms with van der Waals surface area (Å²) in [6, 6.07) is 5.21. The maximum Gasteiger partial charge on any atom is 0.292 e. The Hall–Kier alpha value is -1.23.